The lowest BCUT2D eigenvalue weighted by Crippen LogP contribution is -2.73. The van der Waals surface area contributed by atoms with E-state index in [4.69, 9.17) is 0 Å². The molecule has 1 aliphatic heterocycles. The third kappa shape index (κ3) is 5.19. The number of hydrogen-bond donors (Lipinski definition) is 5. The van der Waals surface area contributed by atoms with Gasteiger partial charge in [-0.25, -0.2) is 14.9 Å². The van der Waals surface area contributed by atoms with E-state index in [1.54, 1.807) is 6.20 Å². The van der Waals surface area contributed by atoms with Gasteiger partial charge in [-0.05, 0) is 29.8 Å². The van der Waals surface area contributed by atoms with Crippen LogP contribution in [-0.2, 0) is 31.3 Å². The van der Waals surface area contributed by atoms with Crippen molar-refractivity contribution >= 4 is 49.9 Å². The van der Waals surface area contributed by atoms with Gasteiger partial charge in [0.15, 0.2) is 4.21 Å². The van der Waals surface area contributed by atoms with Crippen LogP contribution in [-0.4, -0.2) is 77.9 Å². The van der Waals surface area contributed by atoms with Crippen LogP contribution in [0.25, 0.3) is 10.4 Å². The quantitative estimate of drug-likeness (QED) is 0.107. The molecule has 0 radical (unpaired) electrons. The van der Waals surface area contributed by atoms with Crippen LogP contribution in [0.4, 0.5) is 4.39 Å². The van der Waals surface area contributed by atoms with Crippen molar-refractivity contribution in [3.63, 3.8) is 0 Å². The molecule has 16 heteroatoms. The van der Waals surface area contributed by atoms with Crippen molar-refractivity contribution in [3.8, 4) is 10.4 Å². The Balaban J connectivity index is 1.80. The first-order chi connectivity index (χ1) is 17.5. The number of imidazole rings is 1. The second-order valence-electron chi connectivity index (χ2n) is 8.39. The number of sulfonamides is 2. The molecule has 1 aliphatic rings. The first-order valence-electron chi connectivity index (χ1n) is 11.0. The third-order valence-corrected chi connectivity index (χ3v) is 13.8. The summed E-state index contributed by atoms with van der Waals surface area (Å²) in [5.41, 5.74) is 1.96. The number of carbonyl (C=O) groups excluding carboxylic acids is 1. The number of halogens is 1. The van der Waals surface area contributed by atoms with Crippen LogP contribution in [0.2, 0.25) is 0 Å². The van der Waals surface area contributed by atoms with Crippen LogP contribution in [0.3, 0.4) is 0 Å². The van der Waals surface area contributed by atoms with Crippen LogP contribution in [0.5, 0.6) is 0 Å². The van der Waals surface area contributed by atoms with Crippen LogP contribution in [0.1, 0.15) is 5.82 Å². The van der Waals surface area contributed by atoms with Gasteiger partial charge in [-0.3, -0.25) is 10.0 Å². The number of thiophene rings is 1. The van der Waals surface area contributed by atoms with Crippen molar-refractivity contribution in [1.29, 1.82) is 0 Å². The Morgan fingerprint density at radius 1 is 1.24 bits per heavy atom. The van der Waals surface area contributed by atoms with E-state index in [1.807, 2.05) is 0 Å². The fourth-order valence-corrected chi connectivity index (χ4v) is 11.8. The maximum absolute atomic E-state index is 14.2. The predicted octanol–water partition coefficient (Wildman–Crippen LogP) is 1.13. The monoisotopic (exact) mass is 590 g/mol. The molecule has 1 saturated heterocycles. The summed E-state index contributed by atoms with van der Waals surface area (Å²) in [5.74, 6) is -1.83. The summed E-state index contributed by atoms with van der Waals surface area (Å²) in [7, 11) is -9.41. The molecule has 11 nitrogen and oxygen atoms in total. The van der Waals surface area contributed by atoms with E-state index < -0.39 is 58.7 Å². The molecule has 1 amide bonds. The van der Waals surface area contributed by atoms with E-state index in [1.165, 1.54) is 48.1 Å². The van der Waals surface area contributed by atoms with E-state index in [0.29, 0.717) is 16.3 Å². The lowest BCUT2D eigenvalue weighted by Gasteiger charge is -2.42. The number of amides is 1. The van der Waals surface area contributed by atoms with Crippen LogP contribution in [0, 0.1) is 5.82 Å². The molecular weight excluding hydrogens is 566 g/mol. The largest absolute Gasteiger partial charge is 0.351 e. The van der Waals surface area contributed by atoms with Crippen molar-refractivity contribution in [2.24, 2.45) is 0 Å². The summed E-state index contributed by atoms with van der Waals surface area (Å²) in [4.78, 5) is 20.1. The molecule has 0 spiro atoms. The second kappa shape index (κ2) is 10.8. The fourth-order valence-electron chi connectivity index (χ4n) is 4.33. The summed E-state index contributed by atoms with van der Waals surface area (Å²) >= 11 is 5.19. The lowest BCUT2D eigenvalue weighted by molar-refractivity contribution is -0.697. The molecule has 0 saturated carbocycles. The Labute approximate surface area is 222 Å². The highest BCUT2D eigenvalue weighted by Crippen LogP contribution is 2.40. The van der Waals surface area contributed by atoms with Crippen LogP contribution in [0.15, 0.2) is 53.0 Å². The van der Waals surface area contributed by atoms with Gasteiger partial charge in [0.05, 0.1) is 6.54 Å². The maximum atomic E-state index is 14.2. The van der Waals surface area contributed by atoms with E-state index in [-0.39, 0.29) is 23.7 Å². The number of rotatable bonds is 9. The summed E-state index contributed by atoms with van der Waals surface area (Å²) < 4.78 is 67.8. The van der Waals surface area contributed by atoms with Crippen molar-refractivity contribution < 1.29 is 34.5 Å². The molecular formula is C21H25FN5O6S4+. The Hall–Kier alpha value is -2.34. The van der Waals surface area contributed by atoms with Gasteiger partial charge >= 0.3 is 26.0 Å². The number of H-pyrrole nitrogens is 1. The number of hydrogen-bond acceptors (Lipinski definition) is 10. The number of nitrogens with one attached hydrogen (secondary N) is 3. The predicted molar refractivity (Wildman–Crippen MR) is 137 cm³/mol. The summed E-state index contributed by atoms with van der Waals surface area (Å²) in [6.45, 7) is -0.802. The Bertz CT molecular complexity index is 1460. The number of quaternary nitrogens is 1. The van der Waals surface area contributed by atoms with Crippen molar-refractivity contribution in [1.82, 2.24) is 20.8 Å². The molecule has 4 rings (SSSR count). The van der Waals surface area contributed by atoms with Crippen molar-refractivity contribution in [2.45, 2.75) is 21.9 Å². The topological polar surface area (TPSA) is 158 Å². The average Bonchev–Trinajstić information content (AvgIpc) is 3.56. The minimum absolute atomic E-state index is 0.0146. The Morgan fingerprint density at radius 3 is 2.62 bits per heavy atom. The summed E-state index contributed by atoms with van der Waals surface area (Å²) in [6, 6.07) is 6.48. The van der Waals surface area contributed by atoms with Crippen molar-refractivity contribution in [3.05, 3.63) is 60.4 Å². The molecule has 2 aromatic heterocycles. The molecule has 3 atom stereocenters. The van der Waals surface area contributed by atoms with E-state index in [0.717, 1.165) is 11.3 Å². The third-order valence-electron chi connectivity index (χ3n) is 6.05. The van der Waals surface area contributed by atoms with Gasteiger partial charge < -0.3 is 10.3 Å². The van der Waals surface area contributed by atoms with Gasteiger partial charge in [-0.1, -0.05) is 15.4 Å². The minimum Gasteiger partial charge on any atom is -0.349 e. The van der Waals surface area contributed by atoms with Crippen molar-refractivity contribution in [2.75, 3.05) is 25.4 Å². The second-order valence-corrected chi connectivity index (χ2v) is 14.9. The number of thiol groups is 1. The number of aromatic amines is 1. The molecule has 37 heavy (non-hydrogen) atoms. The highest BCUT2D eigenvalue weighted by atomic mass is 32.3. The number of nitrogens with zero attached hydrogens (tertiary/aromatic N) is 2. The molecule has 0 aliphatic carbocycles. The lowest BCUT2D eigenvalue weighted by atomic mass is 10.2. The van der Waals surface area contributed by atoms with E-state index >= 15 is 0 Å². The molecule has 200 valence electrons. The van der Waals surface area contributed by atoms with Gasteiger partial charge in [0, 0.05) is 35.5 Å². The zero-order valence-electron chi connectivity index (χ0n) is 19.2. The maximum Gasteiger partial charge on any atom is 0.351 e. The molecule has 0 bridgehead atoms. The SMILES string of the molecule is O=C(NO)[C@H]1CNCC[N+]1(S(=O)(=O)CC(S)Cc1ncc[nH]1)S(=O)(=O)c1ccc(-c2ccc(F)cc2)s1. The van der Waals surface area contributed by atoms with Crippen LogP contribution < -0.4 is 10.8 Å². The zero-order chi connectivity index (χ0) is 26.8. The standard InChI is InChI=1S/C21H24FN5O6S4/c22-15-3-1-14(2-4-15)18-5-6-20(35-18)37(32,33)27(10-9-23-12-17(27)21(28)26-29)36(30,31)13-16(34)11-19-24-7-8-25-19/h1-8,16-17,23H,9-13H2,(H3-,24,25,26,28,29,34)/p+1/t16?,17-,27?/m1/s1. The molecule has 2 unspecified atom stereocenters. The van der Waals surface area contributed by atoms with E-state index in [9.17, 15) is 31.2 Å². The molecule has 3 heterocycles. The van der Waals surface area contributed by atoms with E-state index in [2.05, 4.69) is 27.9 Å². The highest BCUT2D eigenvalue weighted by Gasteiger charge is 2.63. The first-order valence-corrected chi connectivity index (χ1v) is 15.4. The number of aromatic nitrogens is 2. The summed E-state index contributed by atoms with van der Waals surface area (Å²) in [5, 5.41) is 11.4. The smallest absolute Gasteiger partial charge is 0.349 e. The van der Waals surface area contributed by atoms with Gasteiger partial charge in [0.2, 0.25) is 6.04 Å². The average molecular weight is 591 g/mol. The Kier molecular flexibility index (Phi) is 8.08. The molecule has 1 fully saturated rings. The Morgan fingerprint density at radius 2 is 1.97 bits per heavy atom. The number of benzene rings is 1. The zero-order valence-corrected chi connectivity index (χ0v) is 22.6. The number of piperazine rings is 1. The summed E-state index contributed by atoms with van der Waals surface area (Å²) in [6.07, 6.45) is 3.17. The minimum atomic E-state index is -4.76. The van der Waals surface area contributed by atoms with Crippen LogP contribution >= 0.6 is 24.0 Å². The number of hydroxylamine groups is 1. The fraction of sp³-hybridized carbons (Fsp3) is 0.333. The highest BCUT2D eigenvalue weighted by molar-refractivity contribution is 7.99. The van der Waals surface area contributed by atoms with Gasteiger partial charge in [0.1, 0.15) is 23.9 Å². The first kappa shape index (κ1) is 27.7. The van der Waals surface area contributed by atoms with Gasteiger partial charge in [-0.15, -0.1) is 11.3 Å². The molecule has 4 N–H and O–H groups in total. The number of carbonyl (C=O) groups is 1. The molecule has 3 aromatic rings. The normalized spacial score (nSPS) is 21.4. The van der Waals surface area contributed by atoms with Gasteiger partial charge in [-0.2, -0.15) is 29.5 Å². The molecule has 1 aromatic carbocycles. The van der Waals surface area contributed by atoms with Gasteiger partial charge in [0.25, 0.3) is 0 Å².